The van der Waals surface area contributed by atoms with Crippen molar-refractivity contribution in [1.29, 1.82) is 0 Å². The number of hydrogen-bond acceptors (Lipinski definition) is 3. The smallest absolute Gasteiger partial charge is 0.147 e. The number of Topliss-reactive ketones (excluding diaryl/α,β-unsaturated/α-hetero) is 2. The molecule has 0 radical (unpaired) electrons. The molecular weight excluding hydrogens is 144 g/mol. The number of aldehydes is 1. The number of hydrogen-bond donors (Lipinski definition) is 0. The molecule has 0 fully saturated rings. The van der Waals surface area contributed by atoms with Gasteiger partial charge in [-0.15, -0.1) is 0 Å². The lowest BCUT2D eigenvalue weighted by Crippen LogP contribution is -2.07. The third-order valence-corrected chi connectivity index (χ3v) is 1.23. The molecule has 0 saturated heterocycles. The van der Waals surface area contributed by atoms with Crippen LogP contribution in [0.25, 0.3) is 0 Å². The second-order valence-electron chi connectivity index (χ2n) is 2.37. The van der Waals surface area contributed by atoms with E-state index in [1.54, 1.807) is 0 Å². The predicted octanol–water partition coefficient (Wildman–Crippen LogP) is 0.904. The summed E-state index contributed by atoms with van der Waals surface area (Å²) in [5, 5.41) is 0. The summed E-state index contributed by atoms with van der Waals surface area (Å²) >= 11 is 0. The molecule has 0 aliphatic rings. The zero-order chi connectivity index (χ0) is 8.69. The molecule has 0 aliphatic heterocycles. The van der Waals surface area contributed by atoms with Crippen LogP contribution in [0.2, 0.25) is 0 Å². The minimum atomic E-state index is -0.279. The third-order valence-electron chi connectivity index (χ3n) is 1.23. The Kier molecular flexibility index (Phi) is 5.25. The van der Waals surface area contributed by atoms with Crippen LogP contribution in [0.5, 0.6) is 0 Å². The summed E-state index contributed by atoms with van der Waals surface area (Å²) in [6.07, 6.45) is 1.52. The van der Waals surface area contributed by atoms with Crippen LogP contribution in [0.1, 0.15) is 32.6 Å². The van der Waals surface area contributed by atoms with Crippen LogP contribution in [0, 0.1) is 0 Å². The molecule has 0 aliphatic carbocycles. The first-order valence-electron chi connectivity index (χ1n) is 3.67. The van der Waals surface area contributed by atoms with Gasteiger partial charge in [0.2, 0.25) is 0 Å². The van der Waals surface area contributed by atoms with Crippen molar-refractivity contribution in [3.63, 3.8) is 0 Å². The van der Waals surface area contributed by atoms with E-state index in [2.05, 4.69) is 0 Å². The first-order valence-corrected chi connectivity index (χ1v) is 3.67. The molecule has 3 heteroatoms. The van der Waals surface area contributed by atoms with E-state index in [0.717, 1.165) is 6.42 Å². The summed E-state index contributed by atoms with van der Waals surface area (Å²) in [6, 6.07) is 0. The lowest BCUT2D eigenvalue weighted by Gasteiger charge is -1.93. The Balaban J connectivity index is 3.57. The van der Waals surface area contributed by atoms with Gasteiger partial charge in [0.1, 0.15) is 17.9 Å². The molecule has 11 heavy (non-hydrogen) atoms. The minimum absolute atomic E-state index is 0.0700. The molecule has 0 saturated carbocycles. The van der Waals surface area contributed by atoms with E-state index >= 15 is 0 Å². The molecule has 0 aromatic carbocycles. The van der Waals surface area contributed by atoms with Crippen molar-refractivity contribution in [2.24, 2.45) is 0 Å². The third kappa shape index (κ3) is 5.45. The van der Waals surface area contributed by atoms with Crippen molar-refractivity contribution in [3.05, 3.63) is 0 Å². The Labute approximate surface area is 65.8 Å². The highest BCUT2D eigenvalue weighted by Gasteiger charge is 2.06. The number of rotatable bonds is 6. The van der Waals surface area contributed by atoms with Crippen LogP contribution in [0.4, 0.5) is 0 Å². The van der Waals surface area contributed by atoms with Crippen LogP contribution in [-0.4, -0.2) is 17.9 Å². The Morgan fingerprint density at radius 3 is 2.36 bits per heavy atom. The fourth-order valence-electron chi connectivity index (χ4n) is 0.752. The Hall–Kier alpha value is -0.990. The highest BCUT2D eigenvalue weighted by atomic mass is 16.2. The minimum Gasteiger partial charge on any atom is -0.303 e. The average molecular weight is 156 g/mol. The van der Waals surface area contributed by atoms with Gasteiger partial charge in [-0.05, 0) is 6.42 Å². The summed E-state index contributed by atoms with van der Waals surface area (Å²) in [4.78, 5) is 31.3. The number of carbonyl (C=O) groups is 3. The highest BCUT2D eigenvalue weighted by molar-refractivity contribution is 6.03. The molecule has 0 rings (SSSR count). The van der Waals surface area contributed by atoms with E-state index < -0.39 is 0 Å². The Morgan fingerprint density at radius 2 is 1.91 bits per heavy atom. The first kappa shape index (κ1) is 10.0. The van der Waals surface area contributed by atoms with Gasteiger partial charge in [0.05, 0.1) is 12.8 Å². The summed E-state index contributed by atoms with van der Waals surface area (Å²) in [5.41, 5.74) is 0. The highest BCUT2D eigenvalue weighted by Crippen LogP contribution is 1.96. The number of carbonyl (C=O) groups excluding carboxylic acids is 3. The quantitative estimate of drug-likeness (QED) is 0.424. The first-order chi connectivity index (χ1) is 5.20. The van der Waals surface area contributed by atoms with Crippen molar-refractivity contribution in [3.8, 4) is 0 Å². The van der Waals surface area contributed by atoms with Crippen LogP contribution in [-0.2, 0) is 14.4 Å². The van der Waals surface area contributed by atoms with Gasteiger partial charge >= 0.3 is 0 Å². The molecule has 3 nitrogen and oxygen atoms in total. The molecule has 0 aromatic heterocycles. The van der Waals surface area contributed by atoms with E-state index in [1.807, 2.05) is 6.92 Å². The van der Waals surface area contributed by atoms with Gasteiger partial charge in [0, 0.05) is 6.42 Å². The zero-order valence-electron chi connectivity index (χ0n) is 6.63. The van der Waals surface area contributed by atoms with Gasteiger partial charge in [-0.1, -0.05) is 6.92 Å². The maximum Gasteiger partial charge on any atom is 0.147 e. The van der Waals surface area contributed by atoms with Gasteiger partial charge in [-0.25, -0.2) is 0 Å². The Bertz CT molecular complexity index is 161. The van der Waals surface area contributed by atoms with Gasteiger partial charge in [0.25, 0.3) is 0 Å². The monoisotopic (exact) mass is 156 g/mol. The standard InChI is InChI=1S/C8H12O3/c1-2-3-7(10)6-8(11)4-5-9/h5H,2-4,6H2,1H3. The lowest BCUT2D eigenvalue weighted by atomic mass is 10.1. The summed E-state index contributed by atoms with van der Waals surface area (Å²) in [5.74, 6) is -0.349. The Morgan fingerprint density at radius 1 is 1.27 bits per heavy atom. The van der Waals surface area contributed by atoms with Crippen molar-refractivity contribution >= 4 is 17.9 Å². The normalized spacial score (nSPS) is 9.18. The lowest BCUT2D eigenvalue weighted by molar-refractivity contribution is -0.127. The molecule has 0 bridgehead atoms. The van der Waals surface area contributed by atoms with Crippen LogP contribution in [0.15, 0.2) is 0 Å². The maximum atomic E-state index is 10.8. The van der Waals surface area contributed by atoms with Crippen LogP contribution < -0.4 is 0 Å². The molecule has 62 valence electrons. The van der Waals surface area contributed by atoms with Gasteiger partial charge in [0.15, 0.2) is 0 Å². The molecular formula is C8H12O3. The van der Waals surface area contributed by atoms with Crippen molar-refractivity contribution in [1.82, 2.24) is 0 Å². The predicted molar refractivity (Wildman–Crippen MR) is 40.2 cm³/mol. The molecule has 0 atom stereocenters. The van der Waals surface area contributed by atoms with Crippen molar-refractivity contribution in [2.45, 2.75) is 32.6 Å². The molecule has 0 aromatic rings. The largest absolute Gasteiger partial charge is 0.303 e. The van der Waals surface area contributed by atoms with Crippen molar-refractivity contribution < 1.29 is 14.4 Å². The van der Waals surface area contributed by atoms with Crippen LogP contribution in [0.3, 0.4) is 0 Å². The maximum absolute atomic E-state index is 10.8. The van der Waals surface area contributed by atoms with Crippen LogP contribution >= 0.6 is 0 Å². The SMILES string of the molecule is CCCC(=O)CC(=O)CC=O. The van der Waals surface area contributed by atoms with Gasteiger partial charge < -0.3 is 4.79 Å². The second-order valence-corrected chi connectivity index (χ2v) is 2.37. The second kappa shape index (κ2) is 5.77. The zero-order valence-corrected chi connectivity index (χ0v) is 6.63. The van der Waals surface area contributed by atoms with Crippen molar-refractivity contribution in [2.75, 3.05) is 0 Å². The van der Waals surface area contributed by atoms with E-state index in [1.165, 1.54) is 0 Å². The molecule has 0 N–H and O–H groups in total. The fraction of sp³-hybridized carbons (Fsp3) is 0.625. The molecule has 0 heterocycles. The topological polar surface area (TPSA) is 51.2 Å². The van der Waals surface area contributed by atoms with E-state index in [4.69, 9.17) is 0 Å². The fourth-order valence-corrected chi connectivity index (χ4v) is 0.752. The average Bonchev–Trinajstić information content (AvgIpc) is 1.87. The molecule has 0 amide bonds. The van der Waals surface area contributed by atoms with E-state index in [9.17, 15) is 14.4 Å². The molecule has 0 spiro atoms. The molecule has 0 unspecified atom stereocenters. The summed E-state index contributed by atoms with van der Waals surface area (Å²) in [7, 11) is 0. The van der Waals surface area contributed by atoms with E-state index in [0.29, 0.717) is 12.7 Å². The summed E-state index contributed by atoms with van der Waals surface area (Å²) in [6.45, 7) is 1.88. The number of ketones is 2. The van der Waals surface area contributed by atoms with Gasteiger partial charge in [-0.2, -0.15) is 0 Å². The summed E-state index contributed by atoms with van der Waals surface area (Å²) < 4.78 is 0. The van der Waals surface area contributed by atoms with E-state index in [-0.39, 0.29) is 24.4 Å². The van der Waals surface area contributed by atoms with Gasteiger partial charge in [-0.3, -0.25) is 9.59 Å².